The number of rotatable bonds is 5. The number of halogens is 3. The van der Waals surface area contributed by atoms with Crippen LogP contribution in [0.25, 0.3) is 0 Å². The van der Waals surface area contributed by atoms with E-state index >= 15 is 0 Å². The van der Waals surface area contributed by atoms with Crippen molar-refractivity contribution in [1.29, 1.82) is 0 Å². The summed E-state index contributed by atoms with van der Waals surface area (Å²) in [4.78, 5) is 11.7. The molecule has 0 spiro atoms. The molecule has 0 unspecified atom stereocenters. The Kier molecular flexibility index (Phi) is 5.26. The number of nitrogens with one attached hydrogen (secondary N) is 1. The van der Waals surface area contributed by atoms with Crippen LogP contribution >= 0.6 is 0 Å². The molecule has 1 N–H and O–H groups in total. The number of benzene rings is 2. The lowest BCUT2D eigenvalue weighted by atomic mass is 10.1. The topological polar surface area (TPSA) is 38.3 Å². The Hall–Kier alpha value is -2.50. The molecule has 2 aromatic rings. The number of esters is 1. The van der Waals surface area contributed by atoms with E-state index < -0.39 is 17.7 Å². The number of alkyl halides is 3. The molecular weight excluding hydrogens is 307 g/mol. The van der Waals surface area contributed by atoms with Crippen LogP contribution in [0.5, 0.6) is 0 Å². The highest BCUT2D eigenvalue weighted by atomic mass is 19.4. The first-order chi connectivity index (χ1) is 10.9. The highest BCUT2D eigenvalue weighted by molar-refractivity contribution is 5.90. The lowest BCUT2D eigenvalue weighted by molar-refractivity contribution is -0.138. The van der Waals surface area contributed by atoms with Crippen molar-refractivity contribution >= 4 is 11.7 Å². The summed E-state index contributed by atoms with van der Waals surface area (Å²) in [6.45, 7) is 1.96. The molecule has 2 aromatic carbocycles. The molecule has 2 rings (SSSR count). The van der Waals surface area contributed by atoms with Crippen molar-refractivity contribution in [3.8, 4) is 0 Å². The summed E-state index contributed by atoms with van der Waals surface area (Å²) >= 11 is 0. The monoisotopic (exact) mass is 323 g/mol. The first-order valence-corrected chi connectivity index (χ1v) is 7.08. The molecule has 0 aromatic heterocycles. The second kappa shape index (κ2) is 7.17. The normalized spacial score (nSPS) is 11.1. The third-order valence-electron chi connectivity index (χ3n) is 3.18. The molecule has 0 saturated carbocycles. The van der Waals surface area contributed by atoms with Gasteiger partial charge in [-0.15, -0.1) is 0 Å². The number of ether oxygens (including phenoxy) is 1. The highest BCUT2D eigenvalue weighted by Crippen LogP contribution is 2.32. The van der Waals surface area contributed by atoms with Crippen molar-refractivity contribution in [2.75, 3.05) is 11.9 Å². The van der Waals surface area contributed by atoms with Crippen LogP contribution in [0.3, 0.4) is 0 Å². The lowest BCUT2D eigenvalue weighted by Crippen LogP contribution is -2.12. The van der Waals surface area contributed by atoms with Crippen LogP contribution in [-0.4, -0.2) is 12.6 Å². The molecule has 0 amide bonds. The first kappa shape index (κ1) is 16.9. The number of hydrogen-bond acceptors (Lipinski definition) is 3. The van der Waals surface area contributed by atoms with Crippen molar-refractivity contribution in [3.05, 3.63) is 65.2 Å². The molecule has 0 atom stereocenters. The van der Waals surface area contributed by atoms with Gasteiger partial charge < -0.3 is 10.1 Å². The van der Waals surface area contributed by atoms with Gasteiger partial charge in [0.05, 0.1) is 17.7 Å². The fourth-order valence-corrected chi connectivity index (χ4v) is 2.12. The van der Waals surface area contributed by atoms with E-state index in [1.54, 1.807) is 37.3 Å². The van der Waals surface area contributed by atoms with Crippen LogP contribution in [-0.2, 0) is 17.5 Å². The summed E-state index contributed by atoms with van der Waals surface area (Å²) in [5.41, 5.74) is 0.365. The Labute approximate surface area is 132 Å². The highest BCUT2D eigenvalue weighted by Gasteiger charge is 2.32. The maximum Gasteiger partial charge on any atom is 0.416 e. The Morgan fingerprint density at radius 3 is 2.57 bits per heavy atom. The minimum absolute atomic E-state index is 0.00195. The van der Waals surface area contributed by atoms with Gasteiger partial charge in [0.25, 0.3) is 0 Å². The van der Waals surface area contributed by atoms with Gasteiger partial charge in [0.1, 0.15) is 0 Å². The van der Waals surface area contributed by atoms with E-state index in [2.05, 4.69) is 5.32 Å². The van der Waals surface area contributed by atoms with E-state index in [9.17, 15) is 18.0 Å². The van der Waals surface area contributed by atoms with Crippen LogP contribution in [0, 0.1) is 0 Å². The summed E-state index contributed by atoms with van der Waals surface area (Å²) in [6.07, 6.45) is -4.40. The fraction of sp³-hybridized carbons (Fsp3) is 0.235. The molecule has 3 nitrogen and oxygen atoms in total. The van der Waals surface area contributed by atoms with Crippen LogP contribution < -0.4 is 5.32 Å². The minimum atomic E-state index is -4.40. The third kappa shape index (κ3) is 4.48. The molecular formula is C17H16F3NO2. The maximum absolute atomic E-state index is 12.9. The van der Waals surface area contributed by atoms with Gasteiger partial charge in [-0.3, -0.25) is 0 Å². The SMILES string of the molecule is CCOC(=O)c1cccc(NCc2ccccc2C(F)(F)F)c1. The van der Waals surface area contributed by atoms with E-state index in [0.29, 0.717) is 11.3 Å². The van der Waals surface area contributed by atoms with Crippen LogP contribution in [0.4, 0.5) is 18.9 Å². The lowest BCUT2D eigenvalue weighted by Gasteiger charge is -2.14. The average molecular weight is 323 g/mol. The summed E-state index contributed by atoms with van der Waals surface area (Å²) in [6, 6.07) is 11.8. The van der Waals surface area contributed by atoms with Crippen molar-refractivity contribution < 1.29 is 22.7 Å². The second-order valence-electron chi connectivity index (χ2n) is 4.81. The van der Waals surface area contributed by atoms with E-state index in [1.165, 1.54) is 12.1 Å². The van der Waals surface area contributed by atoms with Gasteiger partial charge in [-0.05, 0) is 36.8 Å². The Morgan fingerprint density at radius 2 is 1.87 bits per heavy atom. The molecule has 0 bridgehead atoms. The maximum atomic E-state index is 12.9. The van der Waals surface area contributed by atoms with Gasteiger partial charge >= 0.3 is 12.1 Å². The quantitative estimate of drug-likeness (QED) is 0.824. The van der Waals surface area contributed by atoms with Gasteiger partial charge in [-0.25, -0.2) is 4.79 Å². The smallest absolute Gasteiger partial charge is 0.416 e. The standard InChI is InChI=1S/C17H16F3NO2/c1-2-23-16(22)12-7-5-8-14(10-12)21-11-13-6-3-4-9-15(13)17(18,19)20/h3-10,21H,2,11H2,1H3. The summed E-state index contributed by atoms with van der Waals surface area (Å²) in [5.74, 6) is -0.466. The molecule has 6 heteroatoms. The molecule has 0 aliphatic carbocycles. The number of carbonyl (C=O) groups excluding carboxylic acids is 1. The molecule has 0 fully saturated rings. The molecule has 0 radical (unpaired) electrons. The van der Waals surface area contributed by atoms with Gasteiger partial charge in [0.15, 0.2) is 0 Å². The minimum Gasteiger partial charge on any atom is -0.462 e. The molecule has 122 valence electrons. The molecule has 0 saturated heterocycles. The Balaban J connectivity index is 2.13. The van der Waals surface area contributed by atoms with Crippen molar-refractivity contribution in [3.63, 3.8) is 0 Å². The van der Waals surface area contributed by atoms with Gasteiger partial charge in [0.2, 0.25) is 0 Å². The van der Waals surface area contributed by atoms with Gasteiger partial charge in [-0.2, -0.15) is 13.2 Å². The van der Waals surface area contributed by atoms with Crippen LogP contribution in [0.15, 0.2) is 48.5 Å². The summed E-state index contributed by atoms with van der Waals surface area (Å²) < 4.78 is 43.7. The average Bonchev–Trinajstić information content (AvgIpc) is 2.53. The predicted octanol–water partition coefficient (Wildman–Crippen LogP) is 4.49. The third-order valence-corrected chi connectivity index (χ3v) is 3.18. The zero-order chi connectivity index (χ0) is 16.9. The number of anilines is 1. The number of carbonyl (C=O) groups is 1. The second-order valence-corrected chi connectivity index (χ2v) is 4.81. The Bertz CT molecular complexity index is 684. The van der Waals surface area contributed by atoms with Crippen LogP contribution in [0.1, 0.15) is 28.4 Å². The zero-order valence-corrected chi connectivity index (χ0v) is 12.5. The van der Waals surface area contributed by atoms with Gasteiger partial charge in [0, 0.05) is 12.2 Å². The zero-order valence-electron chi connectivity index (χ0n) is 12.5. The summed E-state index contributed by atoms with van der Waals surface area (Å²) in [7, 11) is 0. The van der Waals surface area contributed by atoms with Crippen molar-refractivity contribution in [2.24, 2.45) is 0 Å². The first-order valence-electron chi connectivity index (χ1n) is 7.08. The summed E-state index contributed by atoms with van der Waals surface area (Å²) in [5, 5.41) is 2.90. The van der Waals surface area contributed by atoms with Crippen LogP contribution in [0.2, 0.25) is 0 Å². The number of hydrogen-bond donors (Lipinski definition) is 1. The Morgan fingerprint density at radius 1 is 1.13 bits per heavy atom. The predicted molar refractivity (Wildman–Crippen MR) is 81.2 cm³/mol. The van der Waals surface area contributed by atoms with E-state index in [4.69, 9.17) is 4.74 Å². The van der Waals surface area contributed by atoms with Crippen molar-refractivity contribution in [2.45, 2.75) is 19.6 Å². The molecule has 0 aliphatic heterocycles. The fourth-order valence-electron chi connectivity index (χ4n) is 2.12. The van der Waals surface area contributed by atoms with E-state index in [0.717, 1.165) is 6.07 Å². The largest absolute Gasteiger partial charge is 0.462 e. The molecule has 0 aliphatic rings. The molecule has 0 heterocycles. The van der Waals surface area contributed by atoms with E-state index in [-0.39, 0.29) is 18.7 Å². The van der Waals surface area contributed by atoms with Gasteiger partial charge in [-0.1, -0.05) is 24.3 Å². The van der Waals surface area contributed by atoms with E-state index in [1.807, 2.05) is 0 Å². The molecule has 23 heavy (non-hydrogen) atoms. The van der Waals surface area contributed by atoms with Crippen molar-refractivity contribution in [1.82, 2.24) is 0 Å².